The second-order valence-electron chi connectivity index (χ2n) is 8.83. The fourth-order valence-corrected chi connectivity index (χ4v) is 6.74. The Bertz CT molecular complexity index is 553. The van der Waals surface area contributed by atoms with Crippen LogP contribution >= 0.6 is 0 Å². The van der Waals surface area contributed by atoms with Crippen LogP contribution in [0.25, 0.3) is 0 Å². The first-order valence-corrected chi connectivity index (χ1v) is 9.29. The second-order valence-corrected chi connectivity index (χ2v) is 8.83. The van der Waals surface area contributed by atoms with E-state index in [0.29, 0.717) is 24.2 Å². The Balaban J connectivity index is 1.72. The number of hydrogen-bond acceptors (Lipinski definition) is 3. The highest BCUT2D eigenvalue weighted by molar-refractivity contribution is 5.36. The van der Waals surface area contributed by atoms with Gasteiger partial charge in [-0.15, -0.1) is 0 Å². The van der Waals surface area contributed by atoms with Gasteiger partial charge in [-0.1, -0.05) is 25.2 Å². The third-order valence-electron chi connectivity index (χ3n) is 8.11. The molecule has 0 spiro atoms. The minimum Gasteiger partial charge on any atom is -0.395 e. The van der Waals surface area contributed by atoms with Crippen molar-refractivity contribution in [1.29, 1.82) is 0 Å². The Hall–Kier alpha value is -0.640. The van der Waals surface area contributed by atoms with Crippen molar-refractivity contribution in [3.05, 3.63) is 23.8 Å². The lowest BCUT2D eigenvalue weighted by atomic mass is 9.46. The predicted octanol–water partition coefficient (Wildman–Crippen LogP) is 2.81. The first kappa shape index (κ1) is 15.9. The van der Waals surface area contributed by atoms with Crippen molar-refractivity contribution in [3.8, 4) is 0 Å². The van der Waals surface area contributed by atoms with Crippen LogP contribution in [0.3, 0.4) is 0 Å². The standard InChI is InChI=1S/C20H30O3/c1-12-9-13-3-4-14-15-5-6-18(23)19(15,2)8-7-16(14)20(13,11-21)10-17(12)22/h9,14-18,21-23H,1,3-8,10-11H2,2H3/t14-,15-,16+,17?,18?,19-,20+/m0/s1. The van der Waals surface area contributed by atoms with Crippen molar-refractivity contribution in [2.75, 3.05) is 6.61 Å². The zero-order valence-electron chi connectivity index (χ0n) is 14.2. The van der Waals surface area contributed by atoms with E-state index in [-0.39, 0.29) is 23.5 Å². The third kappa shape index (κ3) is 1.99. The minimum absolute atomic E-state index is 0.0654. The van der Waals surface area contributed by atoms with Crippen LogP contribution in [0.1, 0.15) is 51.9 Å². The second kappa shape index (κ2) is 5.18. The van der Waals surface area contributed by atoms with Gasteiger partial charge in [0.05, 0.1) is 18.8 Å². The molecule has 2 unspecified atom stereocenters. The van der Waals surface area contributed by atoms with E-state index in [1.165, 1.54) is 5.57 Å². The highest BCUT2D eigenvalue weighted by atomic mass is 16.3. The summed E-state index contributed by atoms with van der Waals surface area (Å²) in [6, 6.07) is 0. The monoisotopic (exact) mass is 318 g/mol. The van der Waals surface area contributed by atoms with E-state index < -0.39 is 6.10 Å². The molecule has 3 saturated carbocycles. The van der Waals surface area contributed by atoms with Crippen molar-refractivity contribution < 1.29 is 15.3 Å². The van der Waals surface area contributed by atoms with Gasteiger partial charge in [0, 0.05) is 5.41 Å². The fourth-order valence-electron chi connectivity index (χ4n) is 6.74. The van der Waals surface area contributed by atoms with Gasteiger partial charge >= 0.3 is 0 Å². The maximum atomic E-state index is 10.5. The van der Waals surface area contributed by atoms with E-state index in [1.54, 1.807) is 0 Å². The lowest BCUT2D eigenvalue weighted by Crippen LogP contribution is -2.54. The van der Waals surface area contributed by atoms with Crippen molar-refractivity contribution >= 4 is 0 Å². The molecule has 3 N–H and O–H groups in total. The summed E-state index contributed by atoms with van der Waals surface area (Å²) in [5, 5.41) is 31.2. The number of hydrogen-bond donors (Lipinski definition) is 3. The number of aliphatic hydroxyl groups is 3. The van der Waals surface area contributed by atoms with Crippen molar-refractivity contribution in [1.82, 2.24) is 0 Å². The molecule has 0 amide bonds. The van der Waals surface area contributed by atoms with Crippen LogP contribution in [0.5, 0.6) is 0 Å². The molecule has 3 heteroatoms. The van der Waals surface area contributed by atoms with Gasteiger partial charge in [0.2, 0.25) is 0 Å². The first-order chi connectivity index (χ1) is 10.9. The van der Waals surface area contributed by atoms with Gasteiger partial charge in [-0.05, 0) is 73.7 Å². The zero-order chi connectivity index (χ0) is 16.4. The van der Waals surface area contributed by atoms with E-state index >= 15 is 0 Å². The maximum absolute atomic E-state index is 10.5. The Morgan fingerprint density at radius 3 is 2.70 bits per heavy atom. The Morgan fingerprint density at radius 1 is 1.17 bits per heavy atom. The summed E-state index contributed by atoms with van der Waals surface area (Å²) >= 11 is 0. The van der Waals surface area contributed by atoms with Gasteiger partial charge in [-0.25, -0.2) is 0 Å². The summed E-state index contributed by atoms with van der Waals surface area (Å²) in [6.07, 6.45) is 8.34. The summed E-state index contributed by atoms with van der Waals surface area (Å²) in [5.41, 5.74) is 1.94. The summed E-state index contributed by atoms with van der Waals surface area (Å²) in [4.78, 5) is 0. The minimum atomic E-state index is -0.521. The molecule has 0 aromatic rings. The van der Waals surface area contributed by atoms with Crippen LogP contribution in [0, 0.1) is 28.6 Å². The van der Waals surface area contributed by atoms with E-state index in [4.69, 9.17) is 0 Å². The van der Waals surface area contributed by atoms with Gasteiger partial charge in [0.1, 0.15) is 0 Å². The maximum Gasteiger partial charge on any atom is 0.0793 e. The van der Waals surface area contributed by atoms with E-state index in [2.05, 4.69) is 19.6 Å². The Kier molecular flexibility index (Phi) is 3.57. The summed E-state index contributed by atoms with van der Waals surface area (Å²) in [6.45, 7) is 6.40. The van der Waals surface area contributed by atoms with Gasteiger partial charge < -0.3 is 15.3 Å². The van der Waals surface area contributed by atoms with Crippen LogP contribution in [0.2, 0.25) is 0 Å². The molecule has 128 valence electrons. The molecule has 4 rings (SSSR count). The van der Waals surface area contributed by atoms with Crippen LogP contribution in [-0.2, 0) is 0 Å². The molecule has 0 aromatic heterocycles. The molecule has 0 radical (unpaired) electrons. The fraction of sp³-hybridized carbons (Fsp3) is 0.800. The van der Waals surface area contributed by atoms with Gasteiger partial charge in [0.15, 0.2) is 0 Å². The van der Waals surface area contributed by atoms with Gasteiger partial charge in [0.25, 0.3) is 0 Å². The molecule has 3 nitrogen and oxygen atoms in total. The molecule has 3 fully saturated rings. The summed E-state index contributed by atoms with van der Waals surface area (Å²) in [5.74, 6) is 1.59. The Labute approximate surface area is 139 Å². The smallest absolute Gasteiger partial charge is 0.0793 e. The van der Waals surface area contributed by atoms with Crippen LogP contribution < -0.4 is 0 Å². The highest BCUT2D eigenvalue weighted by Crippen LogP contribution is 2.65. The van der Waals surface area contributed by atoms with Gasteiger partial charge in [-0.2, -0.15) is 0 Å². The number of fused-ring (bicyclic) bond motifs is 5. The van der Waals surface area contributed by atoms with Crippen molar-refractivity contribution in [2.24, 2.45) is 28.6 Å². The SMILES string of the molecule is C=C1C=C2CC[C@@H]3[C@@H](CC[C@]4(C)C(O)CC[C@@H]34)[C@@]2(CO)CC1O. The predicted molar refractivity (Wildman–Crippen MR) is 89.7 cm³/mol. The van der Waals surface area contributed by atoms with E-state index in [9.17, 15) is 15.3 Å². The van der Waals surface area contributed by atoms with Crippen LogP contribution in [0.4, 0.5) is 0 Å². The normalized spacial score (nSPS) is 52.4. The molecule has 4 aliphatic rings. The third-order valence-corrected chi connectivity index (χ3v) is 8.11. The topological polar surface area (TPSA) is 60.7 Å². The summed E-state index contributed by atoms with van der Waals surface area (Å²) in [7, 11) is 0. The van der Waals surface area contributed by atoms with Crippen molar-refractivity contribution in [3.63, 3.8) is 0 Å². The number of aliphatic hydroxyl groups excluding tert-OH is 3. The molecule has 7 atom stereocenters. The summed E-state index contributed by atoms with van der Waals surface area (Å²) < 4.78 is 0. The average Bonchev–Trinajstić information content (AvgIpc) is 2.84. The van der Waals surface area contributed by atoms with E-state index in [0.717, 1.165) is 44.1 Å². The highest BCUT2D eigenvalue weighted by Gasteiger charge is 2.60. The molecule has 0 heterocycles. The molecular weight excluding hydrogens is 288 g/mol. The van der Waals surface area contributed by atoms with Crippen molar-refractivity contribution in [2.45, 2.75) is 64.1 Å². The lowest BCUT2D eigenvalue weighted by Gasteiger charge is -2.58. The molecule has 4 aliphatic carbocycles. The molecule has 0 aromatic carbocycles. The molecule has 0 saturated heterocycles. The quantitative estimate of drug-likeness (QED) is 0.697. The number of rotatable bonds is 1. The van der Waals surface area contributed by atoms with E-state index in [1.807, 2.05) is 0 Å². The zero-order valence-corrected chi connectivity index (χ0v) is 14.2. The molecule has 0 bridgehead atoms. The lowest BCUT2D eigenvalue weighted by molar-refractivity contribution is -0.0969. The van der Waals surface area contributed by atoms with Crippen LogP contribution in [0.15, 0.2) is 23.8 Å². The first-order valence-electron chi connectivity index (χ1n) is 9.29. The molecule has 0 aliphatic heterocycles. The average molecular weight is 318 g/mol. The largest absolute Gasteiger partial charge is 0.395 e. The molecular formula is C20H30O3. The molecule has 23 heavy (non-hydrogen) atoms. The Morgan fingerprint density at radius 2 is 1.96 bits per heavy atom. The van der Waals surface area contributed by atoms with Crippen LogP contribution in [-0.4, -0.2) is 34.1 Å². The van der Waals surface area contributed by atoms with Gasteiger partial charge in [-0.3, -0.25) is 0 Å².